The molecule has 5 heteroatoms. The van der Waals surface area contributed by atoms with Crippen molar-refractivity contribution in [1.29, 1.82) is 0 Å². The molecule has 1 unspecified atom stereocenters. The van der Waals surface area contributed by atoms with Crippen LogP contribution in [0.5, 0.6) is 0 Å². The average Bonchev–Trinajstić information content (AvgIpc) is 3.29. The molecule has 3 heterocycles. The van der Waals surface area contributed by atoms with Crippen LogP contribution in [-0.2, 0) is 19.3 Å². The quantitative estimate of drug-likeness (QED) is 0.550. The fraction of sp³-hybridized carbons (Fsp3) is 0.238. The molecule has 0 bridgehead atoms. The summed E-state index contributed by atoms with van der Waals surface area (Å²) in [6.07, 6.45) is 3.77. The first kappa shape index (κ1) is 16.0. The van der Waals surface area contributed by atoms with E-state index in [2.05, 4.69) is 46.8 Å². The van der Waals surface area contributed by atoms with Crippen molar-refractivity contribution < 1.29 is 0 Å². The van der Waals surface area contributed by atoms with E-state index in [1.165, 1.54) is 20.9 Å². The van der Waals surface area contributed by atoms with E-state index in [4.69, 9.17) is 4.98 Å². The van der Waals surface area contributed by atoms with Gasteiger partial charge in [0.05, 0.1) is 5.39 Å². The van der Waals surface area contributed by atoms with Crippen molar-refractivity contribution in [1.82, 2.24) is 9.97 Å². The van der Waals surface area contributed by atoms with Gasteiger partial charge in [-0.25, -0.2) is 4.98 Å². The maximum Gasteiger partial charge on any atom is 0.259 e. The Morgan fingerprint density at radius 2 is 2.04 bits per heavy atom. The van der Waals surface area contributed by atoms with Gasteiger partial charge in [-0.1, -0.05) is 36.4 Å². The molecular formula is C21H18N2OS2. The van der Waals surface area contributed by atoms with Crippen LogP contribution < -0.4 is 5.56 Å². The van der Waals surface area contributed by atoms with Gasteiger partial charge in [0.2, 0.25) is 0 Å². The number of H-pyrrole nitrogens is 1. The molecule has 3 aromatic heterocycles. The molecule has 0 fully saturated rings. The van der Waals surface area contributed by atoms with E-state index in [0.717, 1.165) is 35.3 Å². The number of fused-ring (bicyclic) bond motifs is 3. The molecule has 26 heavy (non-hydrogen) atoms. The minimum Gasteiger partial charge on any atom is -0.310 e. The van der Waals surface area contributed by atoms with Crippen molar-refractivity contribution in [3.63, 3.8) is 0 Å². The number of nitrogens with one attached hydrogen (secondary N) is 1. The SMILES string of the molecule is O=c1[nH]c(Cc2cccs2)nc2sc3c(c12)CCC(c1ccccc1)C3. The smallest absolute Gasteiger partial charge is 0.259 e. The highest BCUT2D eigenvalue weighted by molar-refractivity contribution is 7.18. The van der Waals surface area contributed by atoms with Gasteiger partial charge in [-0.05, 0) is 47.8 Å². The minimum atomic E-state index is 0.0252. The van der Waals surface area contributed by atoms with Crippen LogP contribution in [0.2, 0.25) is 0 Å². The number of thiophene rings is 2. The molecule has 130 valence electrons. The molecule has 0 saturated heterocycles. The number of aromatic amines is 1. The molecule has 0 aliphatic heterocycles. The van der Waals surface area contributed by atoms with Gasteiger partial charge in [0.25, 0.3) is 5.56 Å². The first-order chi connectivity index (χ1) is 12.8. The number of nitrogens with zero attached hydrogens (tertiary/aromatic N) is 1. The maximum atomic E-state index is 12.7. The number of rotatable bonds is 3. The van der Waals surface area contributed by atoms with Gasteiger partial charge in [0.15, 0.2) is 0 Å². The summed E-state index contributed by atoms with van der Waals surface area (Å²) >= 11 is 3.41. The topological polar surface area (TPSA) is 45.8 Å². The zero-order valence-electron chi connectivity index (χ0n) is 14.2. The van der Waals surface area contributed by atoms with E-state index in [9.17, 15) is 4.79 Å². The fourth-order valence-electron chi connectivity index (χ4n) is 3.90. The first-order valence-electron chi connectivity index (χ1n) is 8.88. The molecule has 1 N–H and O–H groups in total. The Balaban J connectivity index is 1.52. The zero-order chi connectivity index (χ0) is 17.5. The van der Waals surface area contributed by atoms with Crippen LogP contribution in [0, 0.1) is 0 Å². The summed E-state index contributed by atoms with van der Waals surface area (Å²) in [5.74, 6) is 1.31. The second kappa shape index (κ2) is 6.49. The first-order valence-corrected chi connectivity index (χ1v) is 10.6. The average molecular weight is 379 g/mol. The van der Waals surface area contributed by atoms with Crippen molar-refractivity contribution in [3.8, 4) is 0 Å². The second-order valence-electron chi connectivity index (χ2n) is 6.80. The lowest BCUT2D eigenvalue weighted by atomic mass is 9.83. The Labute approximate surface area is 159 Å². The minimum absolute atomic E-state index is 0.0252. The van der Waals surface area contributed by atoms with Gasteiger partial charge < -0.3 is 4.98 Å². The molecule has 1 aliphatic carbocycles. The van der Waals surface area contributed by atoms with E-state index in [0.29, 0.717) is 12.3 Å². The van der Waals surface area contributed by atoms with Crippen LogP contribution >= 0.6 is 22.7 Å². The number of hydrogen-bond donors (Lipinski definition) is 1. The molecule has 3 nitrogen and oxygen atoms in total. The van der Waals surface area contributed by atoms with Gasteiger partial charge in [-0.3, -0.25) is 4.79 Å². The predicted octanol–water partition coefficient (Wildman–Crippen LogP) is 4.91. The van der Waals surface area contributed by atoms with Crippen LogP contribution in [0.25, 0.3) is 10.2 Å². The standard InChI is InChI=1S/C21H18N2OS2/c24-20-19-16-9-8-14(13-5-2-1-3-6-13)11-17(16)26-21(19)23-18(22-20)12-15-7-4-10-25-15/h1-7,10,14H,8-9,11-12H2,(H,22,23,24). The summed E-state index contributed by atoms with van der Waals surface area (Å²) in [7, 11) is 0. The van der Waals surface area contributed by atoms with Gasteiger partial charge in [0, 0.05) is 16.2 Å². The van der Waals surface area contributed by atoms with Crippen LogP contribution in [0.4, 0.5) is 0 Å². The Morgan fingerprint density at radius 1 is 1.15 bits per heavy atom. The molecule has 1 aliphatic rings. The molecule has 4 aromatic rings. The van der Waals surface area contributed by atoms with Crippen molar-refractivity contribution in [2.45, 2.75) is 31.6 Å². The number of benzene rings is 1. The van der Waals surface area contributed by atoms with Gasteiger partial charge >= 0.3 is 0 Å². The predicted molar refractivity (Wildman–Crippen MR) is 109 cm³/mol. The summed E-state index contributed by atoms with van der Waals surface area (Å²) in [5.41, 5.74) is 2.65. The van der Waals surface area contributed by atoms with Gasteiger partial charge in [-0.15, -0.1) is 22.7 Å². The lowest BCUT2D eigenvalue weighted by molar-refractivity contribution is 0.595. The fourth-order valence-corrected chi connectivity index (χ4v) is 5.93. The highest BCUT2D eigenvalue weighted by atomic mass is 32.1. The molecule has 0 saturated carbocycles. The molecule has 1 atom stereocenters. The van der Waals surface area contributed by atoms with Crippen LogP contribution in [0.15, 0.2) is 52.6 Å². The van der Waals surface area contributed by atoms with Gasteiger partial charge in [-0.2, -0.15) is 0 Å². The van der Waals surface area contributed by atoms with Crippen LogP contribution in [-0.4, -0.2) is 9.97 Å². The largest absolute Gasteiger partial charge is 0.310 e. The number of hydrogen-bond acceptors (Lipinski definition) is 4. The third-order valence-electron chi connectivity index (χ3n) is 5.16. The molecule has 5 rings (SSSR count). The van der Waals surface area contributed by atoms with E-state index < -0.39 is 0 Å². The molecular weight excluding hydrogens is 360 g/mol. The number of aromatic nitrogens is 2. The second-order valence-corrected chi connectivity index (χ2v) is 8.92. The molecule has 0 spiro atoms. The number of aryl methyl sites for hydroxylation is 1. The molecule has 0 radical (unpaired) electrons. The lowest BCUT2D eigenvalue weighted by Gasteiger charge is -2.22. The van der Waals surface area contributed by atoms with E-state index in [1.807, 2.05) is 6.07 Å². The van der Waals surface area contributed by atoms with Crippen LogP contribution in [0.1, 0.15) is 39.0 Å². The summed E-state index contributed by atoms with van der Waals surface area (Å²) in [6, 6.07) is 14.8. The van der Waals surface area contributed by atoms with E-state index >= 15 is 0 Å². The molecule has 0 amide bonds. The monoisotopic (exact) mass is 378 g/mol. The van der Waals surface area contributed by atoms with Crippen LogP contribution in [0.3, 0.4) is 0 Å². The maximum absolute atomic E-state index is 12.7. The Hall–Kier alpha value is -2.24. The summed E-state index contributed by atoms with van der Waals surface area (Å²) < 4.78 is 0. The van der Waals surface area contributed by atoms with E-state index in [-0.39, 0.29) is 5.56 Å². The Morgan fingerprint density at radius 3 is 2.85 bits per heavy atom. The Kier molecular flexibility index (Phi) is 3.98. The third-order valence-corrected chi connectivity index (χ3v) is 7.19. The normalized spacial score (nSPS) is 16.7. The van der Waals surface area contributed by atoms with Crippen molar-refractivity contribution in [3.05, 3.63) is 84.9 Å². The van der Waals surface area contributed by atoms with Crippen molar-refractivity contribution in [2.24, 2.45) is 0 Å². The summed E-state index contributed by atoms with van der Waals surface area (Å²) in [4.78, 5) is 24.0. The zero-order valence-corrected chi connectivity index (χ0v) is 15.8. The highest BCUT2D eigenvalue weighted by Crippen LogP contribution is 2.39. The third kappa shape index (κ3) is 2.81. The van der Waals surface area contributed by atoms with Gasteiger partial charge in [0.1, 0.15) is 10.7 Å². The molecule has 1 aromatic carbocycles. The van der Waals surface area contributed by atoms with Crippen molar-refractivity contribution >= 4 is 32.9 Å². The summed E-state index contributed by atoms with van der Waals surface area (Å²) in [6.45, 7) is 0. The Bertz CT molecular complexity index is 1110. The van der Waals surface area contributed by atoms with E-state index in [1.54, 1.807) is 22.7 Å². The highest BCUT2D eigenvalue weighted by Gasteiger charge is 2.25. The van der Waals surface area contributed by atoms with Crippen molar-refractivity contribution in [2.75, 3.05) is 0 Å². The lowest BCUT2D eigenvalue weighted by Crippen LogP contribution is -2.15. The summed E-state index contributed by atoms with van der Waals surface area (Å²) in [5, 5.41) is 2.88.